The van der Waals surface area contributed by atoms with Gasteiger partial charge in [-0.3, -0.25) is 24.5 Å². The number of benzene rings is 2. The van der Waals surface area contributed by atoms with Gasteiger partial charge in [0.05, 0.1) is 23.2 Å². The molecule has 2 saturated heterocycles. The van der Waals surface area contributed by atoms with E-state index in [4.69, 9.17) is 17.3 Å². The largest absolute Gasteiger partial charge is 0.370 e. The Morgan fingerprint density at radius 2 is 1.76 bits per heavy atom. The van der Waals surface area contributed by atoms with Crippen LogP contribution in [0.25, 0.3) is 0 Å². The van der Waals surface area contributed by atoms with Crippen LogP contribution in [-0.2, 0) is 24.7 Å². The number of nitrogens with two attached hydrogens (primary N) is 1. The number of nitrogens with zero attached hydrogens (tertiary/aromatic N) is 1. The van der Waals surface area contributed by atoms with E-state index in [0.717, 1.165) is 11.1 Å². The van der Waals surface area contributed by atoms with Crippen LogP contribution in [-0.4, -0.2) is 29.7 Å². The first-order valence-corrected chi connectivity index (χ1v) is 11.6. The number of aryl methyl sites for hydroxylation is 2. The number of fused-ring (bicyclic) bond motifs is 4. The second kappa shape index (κ2) is 7.65. The molecular weight excluding hydrogens is 456 g/mol. The highest BCUT2D eigenvalue weighted by molar-refractivity contribution is 6.32. The number of carbonyl (C=O) groups excluding carboxylic acids is 4. The number of hydrogen-bond acceptors (Lipinski definition) is 5. The SMILES string of the molecule is Cc1cc(C)cc(N2C(=O)C3C(CCC(N)=O)NC4(C(=O)Nc5c4ccc(Cl)c5C)C3C2=O)c1. The first kappa shape index (κ1) is 22.6. The van der Waals surface area contributed by atoms with E-state index < -0.39 is 41.1 Å². The van der Waals surface area contributed by atoms with Crippen molar-refractivity contribution in [1.29, 1.82) is 0 Å². The Bertz CT molecular complexity index is 1270. The predicted molar refractivity (Wildman–Crippen MR) is 127 cm³/mol. The van der Waals surface area contributed by atoms with Crippen LogP contribution in [0.5, 0.6) is 0 Å². The van der Waals surface area contributed by atoms with Gasteiger partial charge in [0.25, 0.3) is 0 Å². The molecule has 3 aliphatic rings. The third-order valence-corrected chi connectivity index (χ3v) is 7.66. The summed E-state index contributed by atoms with van der Waals surface area (Å²) in [5, 5.41) is 6.67. The maximum Gasteiger partial charge on any atom is 0.250 e. The van der Waals surface area contributed by atoms with Crippen LogP contribution in [0.1, 0.15) is 35.1 Å². The van der Waals surface area contributed by atoms with Crippen LogP contribution >= 0.6 is 11.6 Å². The molecule has 2 aromatic carbocycles. The van der Waals surface area contributed by atoms with E-state index in [1.54, 1.807) is 31.2 Å². The summed E-state index contributed by atoms with van der Waals surface area (Å²) in [6.45, 7) is 5.59. The van der Waals surface area contributed by atoms with Gasteiger partial charge in [0.1, 0.15) is 5.54 Å². The molecule has 0 bridgehead atoms. The maximum atomic E-state index is 13.9. The van der Waals surface area contributed by atoms with Crippen molar-refractivity contribution in [1.82, 2.24) is 5.32 Å². The summed E-state index contributed by atoms with van der Waals surface area (Å²) in [7, 11) is 0. The van der Waals surface area contributed by atoms with Gasteiger partial charge in [-0.2, -0.15) is 0 Å². The van der Waals surface area contributed by atoms with Crippen LogP contribution in [0.4, 0.5) is 11.4 Å². The number of nitrogens with one attached hydrogen (secondary N) is 2. The Morgan fingerprint density at radius 3 is 2.41 bits per heavy atom. The molecule has 2 fully saturated rings. The van der Waals surface area contributed by atoms with Gasteiger partial charge in [0.15, 0.2) is 0 Å². The van der Waals surface area contributed by atoms with Crippen molar-refractivity contribution in [2.24, 2.45) is 17.6 Å². The number of amides is 4. The maximum absolute atomic E-state index is 13.9. The summed E-state index contributed by atoms with van der Waals surface area (Å²) in [6, 6.07) is 8.36. The second-order valence-corrected chi connectivity index (χ2v) is 9.88. The lowest BCUT2D eigenvalue weighted by Crippen LogP contribution is -2.53. The Labute approximate surface area is 201 Å². The highest BCUT2D eigenvalue weighted by Gasteiger charge is 2.70. The molecule has 4 N–H and O–H groups in total. The van der Waals surface area contributed by atoms with Crippen molar-refractivity contribution in [2.45, 2.75) is 45.2 Å². The Kier molecular flexibility index (Phi) is 5.07. The molecule has 4 atom stereocenters. The molecule has 3 heterocycles. The summed E-state index contributed by atoms with van der Waals surface area (Å²) in [6.07, 6.45) is 0.253. The molecule has 0 aliphatic carbocycles. The van der Waals surface area contributed by atoms with Crippen molar-refractivity contribution in [3.8, 4) is 0 Å². The average Bonchev–Trinajstić information content (AvgIpc) is 3.33. The van der Waals surface area contributed by atoms with Crippen molar-refractivity contribution in [3.05, 3.63) is 57.6 Å². The van der Waals surface area contributed by atoms with E-state index in [2.05, 4.69) is 10.6 Å². The van der Waals surface area contributed by atoms with Crippen LogP contribution in [0.15, 0.2) is 30.3 Å². The predicted octanol–water partition coefficient (Wildman–Crippen LogP) is 2.46. The zero-order valence-corrected chi connectivity index (χ0v) is 19.8. The lowest BCUT2D eigenvalue weighted by Gasteiger charge is -2.29. The van der Waals surface area contributed by atoms with Gasteiger partial charge in [0, 0.05) is 23.0 Å². The van der Waals surface area contributed by atoms with E-state index in [1.165, 1.54) is 4.90 Å². The topological polar surface area (TPSA) is 122 Å². The van der Waals surface area contributed by atoms with Crippen LogP contribution in [0.3, 0.4) is 0 Å². The van der Waals surface area contributed by atoms with Gasteiger partial charge in [0.2, 0.25) is 23.6 Å². The van der Waals surface area contributed by atoms with E-state index in [1.807, 2.05) is 19.9 Å². The zero-order chi connectivity index (χ0) is 24.5. The molecule has 2 aromatic rings. The molecule has 0 radical (unpaired) electrons. The molecule has 4 amide bonds. The average molecular weight is 481 g/mol. The molecule has 0 aromatic heterocycles. The van der Waals surface area contributed by atoms with Crippen molar-refractivity contribution < 1.29 is 19.2 Å². The van der Waals surface area contributed by atoms with Crippen LogP contribution in [0, 0.1) is 32.6 Å². The fourth-order valence-corrected chi connectivity index (χ4v) is 6.03. The third-order valence-electron chi connectivity index (χ3n) is 7.25. The van der Waals surface area contributed by atoms with E-state index in [-0.39, 0.29) is 18.7 Å². The highest BCUT2D eigenvalue weighted by Crippen LogP contribution is 2.55. The number of rotatable bonds is 4. The molecule has 9 heteroatoms. The quantitative estimate of drug-likeness (QED) is 0.580. The molecule has 4 unspecified atom stereocenters. The molecule has 1 spiro atoms. The number of halogens is 1. The van der Waals surface area contributed by atoms with Crippen LogP contribution < -0.4 is 21.3 Å². The number of anilines is 2. The van der Waals surface area contributed by atoms with E-state index in [0.29, 0.717) is 27.5 Å². The lowest BCUT2D eigenvalue weighted by atomic mass is 9.76. The normalized spacial score (nSPS) is 27.4. The Balaban J connectivity index is 1.68. The molecule has 3 aliphatic heterocycles. The summed E-state index contributed by atoms with van der Waals surface area (Å²) in [4.78, 5) is 54.0. The number of hydrogen-bond donors (Lipinski definition) is 3. The first-order valence-electron chi connectivity index (χ1n) is 11.2. The van der Waals surface area contributed by atoms with Gasteiger partial charge in [-0.1, -0.05) is 23.7 Å². The smallest absolute Gasteiger partial charge is 0.250 e. The zero-order valence-electron chi connectivity index (χ0n) is 19.1. The summed E-state index contributed by atoms with van der Waals surface area (Å²) >= 11 is 6.29. The Hall–Kier alpha value is -3.23. The molecular formula is C25H25ClN4O4. The number of carbonyl (C=O) groups is 4. The minimum atomic E-state index is -1.45. The monoisotopic (exact) mass is 480 g/mol. The van der Waals surface area contributed by atoms with E-state index >= 15 is 0 Å². The molecule has 5 rings (SSSR count). The van der Waals surface area contributed by atoms with Gasteiger partial charge < -0.3 is 11.1 Å². The summed E-state index contributed by atoms with van der Waals surface area (Å²) in [5.74, 6) is -3.54. The molecule has 0 saturated carbocycles. The third kappa shape index (κ3) is 3.02. The van der Waals surface area contributed by atoms with Gasteiger partial charge in [-0.25, -0.2) is 4.90 Å². The summed E-state index contributed by atoms with van der Waals surface area (Å²) in [5.41, 5.74) is 8.07. The summed E-state index contributed by atoms with van der Waals surface area (Å²) < 4.78 is 0. The lowest BCUT2D eigenvalue weighted by molar-refractivity contribution is -0.130. The van der Waals surface area contributed by atoms with Crippen molar-refractivity contribution >= 4 is 46.6 Å². The van der Waals surface area contributed by atoms with Crippen molar-refractivity contribution in [3.63, 3.8) is 0 Å². The molecule has 34 heavy (non-hydrogen) atoms. The van der Waals surface area contributed by atoms with Crippen molar-refractivity contribution in [2.75, 3.05) is 10.2 Å². The van der Waals surface area contributed by atoms with E-state index in [9.17, 15) is 19.2 Å². The second-order valence-electron chi connectivity index (χ2n) is 9.47. The minimum Gasteiger partial charge on any atom is -0.370 e. The molecule has 176 valence electrons. The van der Waals surface area contributed by atoms with Gasteiger partial charge in [-0.15, -0.1) is 0 Å². The standard InChI is InChI=1S/C25H25ClN4O4/c1-11-8-12(2)10-14(9-11)30-22(32)19-17(6-7-18(27)31)29-25(20(19)23(30)33)15-4-5-16(26)13(3)21(15)28-24(25)34/h4-5,8-10,17,19-20,29H,6-7H2,1-3H3,(H2,27,31)(H,28,34). The fraction of sp³-hybridized carbons (Fsp3) is 0.360. The van der Waals surface area contributed by atoms with Gasteiger partial charge in [-0.05, 0) is 62.1 Å². The Morgan fingerprint density at radius 1 is 1.09 bits per heavy atom. The molecule has 8 nitrogen and oxygen atoms in total. The highest BCUT2D eigenvalue weighted by atomic mass is 35.5. The van der Waals surface area contributed by atoms with Crippen LogP contribution in [0.2, 0.25) is 5.02 Å². The number of imide groups is 1. The fourth-order valence-electron chi connectivity index (χ4n) is 5.87. The van der Waals surface area contributed by atoms with Gasteiger partial charge >= 0.3 is 0 Å². The minimum absolute atomic E-state index is 0.0239. The first-order chi connectivity index (χ1) is 16.1. The number of primary amides is 1.